The molecule has 0 radical (unpaired) electrons. The lowest BCUT2D eigenvalue weighted by Crippen LogP contribution is -2.51. The second kappa shape index (κ2) is 9.02. The molecule has 2 atom stereocenters. The van der Waals surface area contributed by atoms with Crippen LogP contribution in [0, 0.1) is 5.92 Å². The van der Waals surface area contributed by atoms with Gasteiger partial charge in [0.2, 0.25) is 11.8 Å². The van der Waals surface area contributed by atoms with Crippen molar-refractivity contribution < 1.29 is 9.59 Å². The number of carbonyl (C=O) groups excluding carboxylic acids is 2. The van der Waals surface area contributed by atoms with Crippen molar-refractivity contribution >= 4 is 24.2 Å². The summed E-state index contributed by atoms with van der Waals surface area (Å²) in [6.45, 7) is 7.67. The highest BCUT2D eigenvalue weighted by atomic mass is 35.5. The van der Waals surface area contributed by atoms with Gasteiger partial charge in [-0.15, -0.1) is 12.4 Å². The smallest absolute Gasteiger partial charge is 0.244 e. The summed E-state index contributed by atoms with van der Waals surface area (Å²) in [7, 11) is 0. The fourth-order valence-electron chi connectivity index (χ4n) is 4.14. The monoisotopic (exact) mass is 358 g/mol. The zero-order valence-electron chi connectivity index (χ0n) is 14.6. The molecule has 24 heavy (non-hydrogen) atoms. The van der Waals surface area contributed by atoms with E-state index in [1.807, 2.05) is 11.8 Å². The highest BCUT2D eigenvalue weighted by Crippen LogP contribution is 2.25. The van der Waals surface area contributed by atoms with E-state index in [1.54, 1.807) is 0 Å². The molecule has 3 rings (SSSR count). The summed E-state index contributed by atoms with van der Waals surface area (Å²) in [6, 6.07) is 0.0867. The summed E-state index contributed by atoms with van der Waals surface area (Å²) in [5.41, 5.74) is 0. The molecule has 0 aromatic rings. The van der Waals surface area contributed by atoms with Gasteiger partial charge in [-0.25, -0.2) is 0 Å². The van der Waals surface area contributed by atoms with E-state index in [0.717, 1.165) is 71.4 Å². The lowest BCUT2D eigenvalue weighted by molar-refractivity contribution is -0.136. The molecule has 2 aliphatic heterocycles. The third-order valence-corrected chi connectivity index (χ3v) is 5.60. The Morgan fingerprint density at radius 2 is 1.75 bits per heavy atom. The van der Waals surface area contributed by atoms with Gasteiger partial charge < -0.3 is 15.5 Å². The first-order valence-electron chi connectivity index (χ1n) is 9.19. The van der Waals surface area contributed by atoms with Gasteiger partial charge in [-0.2, -0.15) is 0 Å². The van der Waals surface area contributed by atoms with Crippen LogP contribution in [0.3, 0.4) is 0 Å². The minimum absolute atomic E-state index is 0. The van der Waals surface area contributed by atoms with Gasteiger partial charge in [0.05, 0.1) is 0 Å². The molecule has 1 aliphatic carbocycles. The van der Waals surface area contributed by atoms with Crippen molar-refractivity contribution in [3.8, 4) is 0 Å². The largest absolute Gasteiger partial charge is 0.344 e. The number of nitrogens with one attached hydrogen (secondary N) is 2. The van der Waals surface area contributed by atoms with Crippen molar-refractivity contribution in [2.45, 2.75) is 51.1 Å². The van der Waals surface area contributed by atoms with Gasteiger partial charge in [0, 0.05) is 51.2 Å². The van der Waals surface area contributed by atoms with E-state index in [1.165, 1.54) is 0 Å². The summed E-state index contributed by atoms with van der Waals surface area (Å²) >= 11 is 0. The van der Waals surface area contributed by atoms with Crippen molar-refractivity contribution in [3.63, 3.8) is 0 Å². The Balaban J connectivity index is 0.00000208. The maximum absolute atomic E-state index is 12.6. The van der Waals surface area contributed by atoms with E-state index in [0.29, 0.717) is 6.04 Å². The topological polar surface area (TPSA) is 64.7 Å². The second-order valence-electron chi connectivity index (χ2n) is 7.22. The maximum atomic E-state index is 12.6. The van der Waals surface area contributed by atoms with Gasteiger partial charge in [-0.3, -0.25) is 14.5 Å². The molecule has 6 nitrogen and oxygen atoms in total. The van der Waals surface area contributed by atoms with Crippen molar-refractivity contribution in [2.75, 3.05) is 39.3 Å². The van der Waals surface area contributed by atoms with E-state index in [-0.39, 0.29) is 30.1 Å². The standard InChI is InChI=1S/C17H30N4O2.ClH/c1-13(19-16(22)14-4-2-3-5-14)17(23)21-9-6-15(12-21)20-10-7-18-8-11-20;/h13-15,18H,2-12H2,1H3,(H,19,22);1H. The summed E-state index contributed by atoms with van der Waals surface area (Å²) in [5, 5.41) is 6.31. The van der Waals surface area contributed by atoms with E-state index in [9.17, 15) is 9.59 Å². The molecule has 0 aromatic carbocycles. The maximum Gasteiger partial charge on any atom is 0.244 e. The molecule has 2 saturated heterocycles. The predicted molar refractivity (Wildman–Crippen MR) is 96.2 cm³/mol. The quantitative estimate of drug-likeness (QED) is 0.773. The fraction of sp³-hybridized carbons (Fsp3) is 0.882. The van der Waals surface area contributed by atoms with Gasteiger partial charge in [-0.05, 0) is 26.2 Å². The molecular weight excluding hydrogens is 328 g/mol. The van der Waals surface area contributed by atoms with Gasteiger partial charge in [-0.1, -0.05) is 12.8 Å². The van der Waals surface area contributed by atoms with Gasteiger partial charge >= 0.3 is 0 Å². The number of carbonyl (C=O) groups is 2. The van der Waals surface area contributed by atoms with Crippen LogP contribution >= 0.6 is 12.4 Å². The van der Waals surface area contributed by atoms with Crippen LogP contribution in [0.4, 0.5) is 0 Å². The number of rotatable bonds is 4. The van der Waals surface area contributed by atoms with E-state index in [2.05, 4.69) is 15.5 Å². The summed E-state index contributed by atoms with van der Waals surface area (Å²) in [4.78, 5) is 29.2. The number of piperazine rings is 1. The summed E-state index contributed by atoms with van der Waals surface area (Å²) in [5.74, 6) is 0.271. The predicted octanol–water partition coefficient (Wildman–Crippen LogP) is 0.609. The summed E-state index contributed by atoms with van der Waals surface area (Å²) in [6.07, 6.45) is 5.27. The lowest BCUT2D eigenvalue weighted by Gasteiger charge is -2.32. The molecule has 2 heterocycles. The molecule has 2 N–H and O–H groups in total. The SMILES string of the molecule is CC(NC(=O)C1CCCC1)C(=O)N1CCC(N2CCNCC2)C1.Cl. The lowest BCUT2D eigenvalue weighted by atomic mass is 10.1. The molecule has 0 spiro atoms. The van der Waals surface area contributed by atoms with Crippen LogP contribution in [0.2, 0.25) is 0 Å². The third-order valence-electron chi connectivity index (χ3n) is 5.60. The molecule has 3 aliphatic rings. The van der Waals surface area contributed by atoms with Crippen LogP contribution in [0.25, 0.3) is 0 Å². The number of hydrogen-bond donors (Lipinski definition) is 2. The van der Waals surface area contributed by atoms with Gasteiger partial charge in [0.1, 0.15) is 6.04 Å². The highest BCUT2D eigenvalue weighted by molar-refractivity contribution is 5.88. The average molecular weight is 359 g/mol. The summed E-state index contributed by atoms with van der Waals surface area (Å²) < 4.78 is 0. The minimum Gasteiger partial charge on any atom is -0.344 e. The first kappa shape index (κ1) is 19.5. The Morgan fingerprint density at radius 3 is 2.42 bits per heavy atom. The van der Waals surface area contributed by atoms with Gasteiger partial charge in [0.25, 0.3) is 0 Å². The van der Waals surface area contributed by atoms with Crippen LogP contribution in [-0.4, -0.2) is 73.0 Å². The molecule has 138 valence electrons. The second-order valence-corrected chi connectivity index (χ2v) is 7.22. The van der Waals surface area contributed by atoms with Crippen molar-refractivity contribution in [3.05, 3.63) is 0 Å². The van der Waals surface area contributed by atoms with Gasteiger partial charge in [0.15, 0.2) is 0 Å². The fourth-order valence-corrected chi connectivity index (χ4v) is 4.14. The molecule has 0 bridgehead atoms. The van der Waals surface area contributed by atoms with Crippen LogP contribution < -0.4 is 10.6 Å². The number of nitrogens with zero attached hydrogens (tertiary/aromatic N) is 2. The Kier molecular flexibility index (Phi) is 7.32. The Bertz CT molecular complexity index is 436. The zero-order chi connectivity index (χ0) is 16.2. The first-order valence-corrected chi connectivity index (χ1v) is 9.19. The van der Waals surface area contributed by atoms with E-state index in [4.69, 9.17) is 0 Å². The van der Waals surface area contributed by atoms with E-state index >= 15 is 0 Å². The number of halogens is 1. The zero-order valence-corrected chi connectivity index (χ0v) is 15.4. The highest BCUT2D eigenvalue weighted by Gasteiger charge is 2.33. The number of hydrogen-bond acceptors (Lipinski definition) is 4. The molecule has 3 fully saturated rings. The average Bonchev–Trinajstić information content (AvgIpc) is 3.26. The molecule has 7 heteroatoms. The molecule has 2 amide bonds. The third kappa shape index (κ3) is 4.61. The van der Waals surface area contributed by atoms with Crippen molar-refractivity contribution in [1.82, 2.24) is 20.4 Å². The Labute approximate surface area is 151 Å². The molecular formula is C17H31ClN4O2. The van der Waals surface area contributed by atoms with Crippen LogP contribution in [0.5, 0.6) is 0 Å². The first-order chi connectivity index (χ1) is 11.1. The molecule has 1 saturated carbocycles. The number of likely N-dealkylation sites (tertiary alicyclic amines) is 1. The van der Waals surface area contributed by atoms with Crippen molar-refractivity contribution in [2.24, 2.45) is 5.92 Å². The van der Waals surface area contributed by atoms with Crippen LogP contribution in [0.15, 0.2) is 0 Å². The number of amides is 2. The van der Waals surface area contributed by atoms with Crippen LogP contribution in [-0.2, 0) is 9.59 Å². The minimum atomic E-state index is -0.398. The molecule has 2 unspecified atom stereocenters. The van der Waals surface area contributed by atoms with Crippen molar-refractivity contribution in [1.29, 1.82) is 0 Å². The Morgan fingerprint density at radius 1 is 1.08 bits per heavy atom. The normalized spacial score (nSPS) is 26.9. The molecule has 0 aromatic heterocycles. The van der Waals surface area contributed by atoms with E-state index < -0.39 is 6.04 Å². The Hall–Kier alpha value is -0.850. The van der Waals surface area contributed by atoms with Crippen LogP contribution in [0.1, 0.15) is 39.0 Å².